The second kappa shape index (κ2) is 4.85. The number of non-ortho nitro benzene ring substituents is 1. The Morgan fingerprint density at radius 2 is 1.84 bits per heavy atom. The van der Waals surface area contributed by atoms with Crippen LogP contribution in [0, 0.1) is 15.9 Å². The van der Waals surface area contributed by atoms with E-state index >= 15 is 0 Å². The quantitative estimate of drug-likeness (QED) is 0.680. The molecule has 96 valence electrons. The highest BCUT2D eigenvalue weighted by Gasteiger charge is 2.18. The van der Waals surface area contributed by atoms with Crippen molar-refractivity contribution in [3.63, 3.8) is 0 Å². The number of aromatic carboxylic acids is 1. The number of hydrogen-bond donors (Lipinski definition) is 1. The fraction of sp³-hybridized carbons (Fsp3) is 0. The molecule has 0 saturated carbocycles. The van der Waals surface area contributed by atoms with Crippen LogP contribution in [0.4, 0.5) is 10.1 Å². The van der Waals surface area contributed by atoms with Gasteiger partial charge >= 0.3 is 5.97 Å². The summed E-state index contributed by atoms with van der Waals surface area (Å²) in [5, 5.41) is 19.7. The molecule has 0 fully saturated rings. The molecular formula is C13H8FNO4. The molecule has 0 aliphatic carbocycles. The molecule has 0 amide bonds. The van der Waals surface area contributed by atoms with E-state index in [2.05, 4.69) is 0 Å². The number of carboxylic acid groups (broad SMARTS) is 1. The van der Waals surface area contributed by atoms with Crippen LogP contribution in [-0.4, -0.2) is 16.0 Å². The summed E-state index contributed by atoms with van der Waals surface area (Å²) in [5.41, 5.74) is -0.456. The van der Waals surface area contributed by atoms with Crippen LogP contribution < -0.4 is 0 Å². The van der Waals surface area contributed by atoms with E-state index in [-0.39, 0.29) is 22.4 Å². The van der Waals surface area contributed by atoms with Gasteiger partial charge in [-0.25, -0.2) is 9.18 Å². The molecule has 2 rings (SSSR count). The molecule has 0 unspecified atom stereocenters. The van der Waals surface area contributed by atoms with E-state index in [1.165, 1.54) is 24.3 Å². The molecule has 0 aliphatic heterocycles. The van der Waals surface area contributed by atoms with Crippen molar-refractivity contribution >= 4 is 11.7 Å². The van der Waals surface area contributed by atoms with Crippen molar-refractivity contribution in [2.24, 2.45) is 0 Å². The van der Waals surface area contributed by atoms with E-state index in [0.717, 1.165) is 12.1 Å². The first kappa shape index (κ1) is 12.7. The number of rotatable bonds is 3. The highest BCUT2D eigenvalue weighted by Crippen LogP contribution is 2.29. The van der Waals surface area contributed by atoms with Gasteiger partial charge in [-0.1, -0.05) is 18.2 Å². The van der Waals surface area contributed by atoms with E-state index in [1.807, 2.05) is 0 Å². The summed E-state index contributed by atoms with van der Waals surface area (Å²) in [7, 11) is 0. The third-order valence-electron chi connectivity index (χ3n) is 2.61. The second-order valence-electron chi connectivity index (χ2n) is 3.77. The topological polar surface area (TPSA) is 80.4 Å². The van der Waals surface area contributed by atoms with Crippen molar-refractivity contribution < 1.29 is 19.2 Å². The highest BCUT2D eigenvalue weighted by atomic mass is 19.1. The van der Waals surface area contributed by atoms with E-state index in [9.17, 15) is 19.3 Å². The number of hydrogen-bond acceptors (Lipinski definition) is 3. The van der Waals surface area contributed by atoms with Crippen molar-refractivity contribution in [3.8, 4) is 11.1 Å². The maximum absolute atomic E-state index is 13.7. The van der Waals surface area contributed by atoms with Crippen molar-refractivity contribution in [2.45, 2.75) is 0 Å². The van der Waals surface area contributed by atoms with Gasteiger partial charge in [0, 0.05) is 17.7 Å². The number of nitrogens with zero attached hydrogens (tertiary/aromatic N) is 1. The largest absolute Gasteiger partial charge is 0.478 e. The molecule has 6 heteroatoms. The van der Waals surface area contributed by atoms with Crippen LogP contribution in [0.2, 0.25) is 0 Å². The molecule has 2 aromatic carbocycles. The first-order chi connectivity index (χ1) is 9.00. The molecule has 0 radical (unpaired) electrons. The van der Waals surface area contributed by atoms with Gasteiger partial charge in [0.1, 0.15) is 5.82 Å². The molecule has 0 saturated heterocycles. The van der Waals surface area contributed by atoms with Gasteiger partial charge in [0.25, 0.3) is 5.69 Å². The van der Waals surface area contributed by atoms with Crippen molar-refractivity contribution in [2.75, 3.05) is 0 Å². The first-order valence-corrected chi connectivity index (χ1v) is 5.27. The minimum Gasteiger partial charge on any atom is -0.478 e. The van der Waals surface area contributed by atoms with Crippen LogP contribution in [0.5, 0.6) is 0 Å². The Morgan fingerprint density at radius 3 is 2.42 bits per heavy atom. The lowest BCUT2D eigenvalue weighted by Crippen LogP contribution is -2.02. The molecule has 0 atom stereocenters. The average Bonchev–Trinajstić information content (AvgIpc) is 2.38. The molecule has 19 heavy (non-hydrogen) atoms. The van der Waals surface area contributed by atoms with Crippen LogP contribution in [0.25, 0.3) is 11.1 Å². The molecule has 0 bridgehead atoms. The van der Waals surface area contributed by atoms with Crippen LogP contribution in [-0.2, 0) is 0 Å². The standard InChI is InChI=1S/C13H8FNO4/c14-12-4-2-1-3-10(12)9-6-5-8(15(18)19)7-11(9)13(16)17/h1-7H,(H,16,17). The van der Waals surface area contributed by atoms with E-state index in [1.54, 1.807) is 6.07 Å². The van der Waals surface area contributed by atoms with Crippen LogP contribution in [0.1, 0.15) is 10.4 Å². The second-order valence-corrected chi connectivity index (χ2v) is 3.77. The van der Waals surface area contributed by atoms with Gasteiger partial charge in [-0.15, -0.1) is 0 Å². The fourth-order valence-electron chi connectivity index (χ4n) is 1.74. The zero-order valence-electron chi connectivity index (χ0n) is 9.54. The Labute approximate surface area is 107 Å². The van der Waals surface area contributed by atoms with Crippen molar-refractivity contribution in [3.05, 3.63) is 64.0 Å². The predicted octanol–water partition coefficient (Wildman–Crippen LogP) is 3.10. The molecule has 2 aromatic rings. The molecular weight excluding hydrogens is 253 g/mol. The van der Waals surface area contributed by atoms with E-state index < -0.39 is 16.7 Å². The van der Waals surface area contributed by atoms with E-state index in [0.29, 0.717) is 0 Å². The molecule has 1 N–H and O–H groups in total. The maximum Gasteiger partial charge on any atom is 0.336 e. The van der Waals surface area contributed by atoms with Gasteiger partial charge in [-0.3, -0.25) is 10.1 Å². The zero-order valence-corrected chi connectivity index (χ0v) is 9.54. The third-order valence-corrected chi connectivity index (χ3v) is 2.61. The fourth-order valence-corrected chi connectivity index (χ4v) is 1.74. The lowest BCUT2D eigenvalue weighted by Gasteiger charge is -2.07. The van der Waals surface area contributed by atoms with Crippen molar-refractivity contribution in [1.82, 2.24) is 0 Å². The Morgan fingerprint density at radius 1 is 1.16 bits per heavy atom. The number of benzene rings is 2. The highest BCUT2D eigenvalue weighted by molar-refractivity contribution is 5.96. The number of carbonyl (C=O) groups is 1. The molecule has 0 spiro atoms. The summed E-state index contributed by atoms with van der Waals surface area (Å²) in [5.74, 6) is -1.93. The summed E-state index contributed by atoms with van der Waals surface area (Å²) in [6.45, 7) is 0. The minimum absolute atomic E-state index is 0.0924. The lowest BCUT2D eigenvalue weighted by atomic mass is 9.98. The Kier molecular flexibility index (Phi) is 3.24. The van der Waals surface area contributed by atoms with E-state index in [4.69, 9.17) is 5.11 Å². The third kappa shape index (κ3) is 2.42. The smallest absolute Gasteiger partial charge is 0.336 e. The van der Waals surface area contributed by atoms with Gasteiger partial charge in [0.2, 0.25) is 0 Å². The number of nitro groups is 1. The van der Waals surface area contributed by atoms with Crippen molar-refractivity contribution in [1.29, 1.82) is 0 Å². The van der Waals surface area contributed by atoms with Gasteiger partial charge in [-0.2, -0.15) is 0 Å². The first-order valence-electron chi connectivity index (χ1n) is 5.27. The summed E-state index contributed by atoms with van der Waals surface area (Å²) in [4.78, 5) is 21.1. The van der Waals surface area contributed by atoms with Crippen LogP contribution >= 0.6 is 0 Å². The Hall–Kier alpha value is -2.76. The molecule has 0 aromatic heterocycles. The monoisotopic (exact) mass is 261 g/mol. The molecule has 0 aliphatic rings. The Bertz CT molecular complexity index is 669. The molecule has 0 heterocycles. The SMILES string of the molecule is O=C(O)c1cc([N+](=O)[O-])ccc1-c1ccccc1F. The molecule has 5 nitrogen and oxygen atoms in total. The summed E-state index contributed by atoms with van der Waals surface area (Å²) in [6, 6.07) is 8.96. The maximum atomic E-state index is 13.7. The van der Waals surface area contributed by atoms with Gasteiger partial charge in [0.05, 0.1) is 10.5 Å². The van der Waals surface area contributed by atoms with Crippen LogP contribution in [0.15, 0.2) is 42.5 Å². The van der Waals surface area contributed by atoms with Gasteiger partial charge in [0.15, 0.2) is 0 Å². The number of halogens is 1. The summed E-state index contributed by atoms with van der Waals surface area (Å²) < 4.78 is 13.7. The minimum atomic E-state index is -1.35. The summed E-state index contributed by atoms with van der Waals surface area (Å²) in [6.07, 6.45) is 0. The number of carboxylic acids is 1. The zero-order chi connectivity index (χ0) is 14.0. The Balaban J connectivity index is 2.67. The predicted molar refractivity (Wildman–Crippen MR) is 65.4 cm³/mol. The lowest BCUT2D eigenvalue weighted by molar-refractivity contribution is -0.384. The average molecular weight is 261 g/mol. The summed E-state index contributed by atoms with van der Waals surface area (Å²) >= 11 is 0. The normalized spacial score (nSPS) is 10.2. The van der Waals surface area contributed by atoms with Gasteiger partial charge in [-0.05, 0) is 17.7 Å². The van der Waals surface area contributed by atoms with Crippen LogP contribution in [0.3, 0.4) is 0 Å². The number of nitro benzene ring substituents is 1. The van der Waals surface area contributed by atoms with Gasteiger partial charge < -0.3 is 5.11 Å².